The van der Waals surface area contributed by atoms with Gasteiger partial charge >= 0.3 is 0 Å². The number of sulfonamides is 1. The van der Waals surface area contributed by atoms with Crippen LogP contribution in [-0.4, -0.2) is 66.7 Å². The van der Waals surface area contributed by atoms with Crippen LogP contribution in [0.3, 0.4) is 0 Å². The molecule has 3 aromatic rings. The third kappa shape index (κ3) is 9.07. The summed E-state index contributed by atoms with van der Waals surface area (Å²) in [6, 6.07) is 18.2. The van der Waals surface area contributed by atoms with Crippen molar-refractivity contribution in [2.24, 2.45) is 5.73 Å². The second-order valence-electron chi connectivity index (χ2n) is 11.5. The number of primary amides is 1. The van der Waals surface area contributed by atoms with Gasteiger partial charge in [-0.25, -0.2) is 18.1 Å². The fraction of sp³-hybridized carbons (Fsp3) is 0.400. The second kappa shape index (κ2) is 13.0. The highest BCUT2D eigenvalue weighted by atomic mass is 32.2. The number of aromatic nitrogens is 1. The molecule has 1 aromatic heterocycles. The topological polar surface area (TPSA) is 173 Å². The van der Waals surface area contributed by atoms with Gasteiger partial charge in [0.2, 0.25) is 21.8 Å². The summed E-state index contributed by atoms with van der Waals surface area (Å²) >= 11 is 0. The Morgan fingerprint density at radius 1 is 0.976 bits per heavy atom. The minimum Gasteiger partial charge on any atom is -0.370 e. The molecule has 1 aliphatic rings. The Bertz CT molecular complexity index is 1540. The molecule has 0 radical (unpaired) electrons. The summed E-state index contributed by atoms with van der Waals surface area (Å²) in [5, 5.41) is 6.36. The maximum absolute atomic E-state index is 13.5. The fourth-order valence-electron chi connectivity index (χ4n) is 4.77. The Morgan fingerprint density at radius 2 is 1.67 bits per heavy atom. The third-order valence-corrected chi connectivity index (χ3v) is 8.33. The summed E-state index contributed by atoms with van der Waals surface area (Å²) in [4.78, 5) is 42.7. The van der Waals surface area contributed by atoms with Crippen LogP contribution >= 0.6 is 0 Å². The van der Waals surface area contributed by atoms with Crippen LogP contribution in [0.2, 0.25) is 0 Å². The molecule has 1 aliphatic heterocycles. The average molecular weight is 596 g/mol. The van der Waals surface area contributed by atoms with Gasteiger partial charge in [0.1, 0.15) is 17.8 Å². The highest BCUT2D eigenvalue weighted by molar-refractivity contribution is 7.89. The van der Waals surface area contributed by atoms with Gasteiger partial charge in [0.25, 0.3) is 5.91 Å². The SMILES string of the molecule is CC(C)(C)NS(=O)(=O)CC[C@@H]1O[C@@H]1[C@H](Cc1ccccc1)NC(=O)[C@H](CC(N)=O)NC(=O)c1ccc2ccccc2n1. The molecular weight excluding hydrogens is 558 g/mol. The number of nitrogens with two attached hydrogens (primary N) is 1. The van der Waals surface area contributed by atoms with E-state index in [1.54, 1.807) is 45.0 Å². The van der Waals surface area contributed by atoms with Crippen LogP contribution in [0.5, 0.6) is 0 Å². The lowest BCUT2D eigenvalue weighted by Crippen LogP contribution is -2.53. The lowest BCUT2D eigenvalue weighted by molar-refractivity contribution is -0.127. The van der Waals surface area contributed by atoms with Crippen LogP contribution in [0.1, 0.15) is 49.7 Å². The molecule has 0 aliphatic carbocycles. The number of ether oxygens (including phenoxy) is 1. The molecule has 5 N–H and O–H groups in total. The van der Waals surface area contributed by atoms with Gasteiger partial charge in [-0.05, 0) is 51.3 Å². The molecule has 0 unspecified atom stereocenters. The van der Waals surface area contributed by atoms with Crippen LogP contribution in [-0.2, 0) is 30.8 Å². The van der Waals surface area contributed by atoms with Crippen LogP contribution < -0.4 is 21.1 Å². The number of fused-ring (bicyclic) bond motifs is 1. The van der Waals surface area contributed by atoms with Crippen molar-refractivity contribution in [1.29, 1.82) is 0 Å². The van der Waals surface area contributed by atoms with Gasteiger partial charge in [0.05, 0.1) is 29.8 Å². The molecule has 12 heteroatoms. The van der Waals surface area contributed by atoms with Gasteiger partial charge in [-0.3, -0.25) is 14.4 Å². The number of amides is 3. The predicted octanol–water partition coefficient (Wildman–Crippen LogP) is 1.81. The van der Waals surface area contributed by atoms with Crippen LogP contribution in [0, 0.1) is 0 Å². The molecule has 11 nitrogen and oxygen atoms in total. The molecule has 2 aromatic carbocycles. The van der Waals surface area contributed by atoms with Crippen molar-refractivity contribution in [3.8, 4) is 0 Å². The minimum atomic E-state index is -3.53. The summed E-state index contributed by atoms with van der Waals surface area (Å²) in [7, 11) is -3.53. The number of nitrogens with one attached hydrogen (secondary N) is 3. The number of carbonyl (C=O) groups excluding carboxylic acids is 3. The van der Waals surface area contributed by atoms with Crippen molar-refractivity contribution in [3.63, 3.8) is 0 Å². The maximum atomic E-state index is 13.5. The predicted molar refractivity (Wildman–Crippen MR) is 159 cm³/mol. The molecule has 0 saturated carbocycles. The van der Waals surface area contributed by atoms with Gasteiger partial charge in [-0.2, -0.15) is 0 Å². The summed E-state index contributed by atoms with van der Waals surface area (Å²) < 4.78 is 33.4. The van der Waals surface area contributed by atoms with Gasteiger partial charge < -0.3 is 21.1 Å². The number of benzene rings is 2. The Kier molecular flexibility index (Phi) is 9.60. The van der Waals surface area contributed by atoms with E-state index in [1.165, 1.54) is 0 Å². The molecule has 4 atom stereocenters. The summed E-state index contributed by atoms with van der Waals surface area (Å²) in [5.41, 5.74) is 6.44. The first-order valence-electron chi connectivity index (χ1n) is 13.8. The normalized spacial score (nSPS) is 18.2. The third-order valence-electron chi connectivity index (χ3n) is 6.64. The quantitative estimate of drug-likeness (QED) is 0.218. The molecule has 2 heterocycles. The Balaban J connectivity index is 1.46. The number of nitrogens with zero attached hydrogens (tertiary/aromatic N) is 1. The summed E-state index contributed by atoms with van der Waals surface area (Å²) in [5.74, 6) is -2.13. The van der Waals surface area contributed by atoms with Crippen molar-refractivity contribution in [3.05, 3.63) is 78.0 Å². The summed E-state index contributed by atoms with van der Waals surface area (Å²) in [6.45, 7) is 5.30. The van der Waals surface area contributed by atoms with E-state index in [1.807, 2.05) is 42.5 Å². The standard InChI is InChI=1S/C30H37N5O6S/c1-30(2,3)35-42(39,40)16-15-25-27(41-25)23(17-19-9-5-4-6-10-19)33-29(38)24(18-26(31)36)34-28(37)22-14-13-20-11-7-8-12-21(20)32-22/h4-14,23-25,27,35H,15-18H2,1-3H3,(H2,31,36)(H,33,38)(H,34,37)/t23-,24-,25-,27+/m0/s1. The van der Waals surface area contributed by atoms with Crippen molar-refractivity contribution >= 4 is 38.6 Å². The fourth-order valence-corrected chi connectivity index (χ4v) is 6.35. The Morgan fingerprint density at radius 3 is 2.36 bits per heavy atom. The monoisotopic (exact) mass is 595 g/mol. The van der Waals surface area contributed by atoms with E-state index in [4.69, 9.17) is 10.5 Å². The van der Waals surface area contributed by atoms with Gasteiger partial charge in [-0.1, -0.05) is 54.6 Å². The first-order chi connectivity index (χ1) is 19.8. The molecule has 3 amide bonds. The van der Waals surface area contributed by atoms with Crippen molar-refractivity contribution in [1.82, 2.24) is 20.3 Å². The number of epoxide rings is 1. The van der Waals surface area contributed by atoms with E-state index >= 15 is 0 Å². The molecular formula is C30H37N5O6S. The maximum Gasteiger partial charge on any atom is 0.270 e. The first-order valence-corrected chi connectivity index (χ1v) is 15.4. The average Bonchev–Trinajstić information content (AvgIpc) is 3.70. The highest BCUT2D eigenvalue weighted by Crippen LogP contribution is 2.31. The highest BCUT2D eigenvalue weighted by Gasteiger charge is 2.46. The molecule has 42 heavy (non-hydrogen) atoms. The zero-order valence-electron chi connectivity index (χ0n) is 23.9. The van der Waals surface area contributed by atoms with Crippen molar-refractivity contribution < 1.29 is 27.5 Å². The van der Waals surface area contributed by atoms with Gasteiger partial charge in [-0.15, -0.1) is 0 Å². The van der Waals surface area contributed by atoms with E-state index in [0.717, 1.165) is 10.9 Å². The van der Waals surface area contributed by atoms with Crippen LogP contribution in [0.25, 0.3) is 10.9 Å². The van der Waals surface area contributed by atoms with E-state index < -0.39 is 57.9 Å². The minimum absolute atomic E-state index is 0.0903. The van der Waals surface area contributed by atoms with Crippen molar-refractivity contribution in [2.75, 3.05) is 5.75 Å². The second-order valence-corrected chi connectivity index (χ2v) is 13.3. The van der Waals surface area contributed by atoms with E-state index in [2.05, 4.69) is 20.3 Å². The number of rotatable bonds is 13. The van der Waals surface area contributed by atoms with Crippen LogP contribution in [0.15, 0.2) is 66.7 Å². The Hall–Kier alpha value is -3.87. The molecule has 1 fully saturated rings. The number of pyridine rings is 1. The molecule has 0 bridgehead atoms. The van der Waals surface area contributed by atoms with Gasteiger partial charge in [0, 0.05) is 10.9 Å². The lowest BCUT2D eigenvalue weighted by atomic mass is 10.00. The molecule has 0 spiro atoms. The zero-order chi connectivity index (χ0) is 30.5. The number of para-hydroxylation sites is 1. The Labute approximate surface area is 245 Å². The first kappa shape index (κ1) is 31.1. The summed E-state index contributed by atoms with van der Waals surface area (Å²) in [6.07, 6.45) is -0.626. The van der Waals surface area contributed by atoms with Crippen LogP contribution in [0.4, 0.5) is 0 Å². The zero-order valence-corrected chi connectivity index (χ0v) is 24.7. The van der Waals surface area contributed by atoms with E-state index in [9.17, 15) is 22.8 Å². The number of carbonyl (C=O) groups is 3. The molecule has 4 rings (SSSR count). The number of hydrogen-bond acceptors (Lipinski definition) is 7. The smallest absolute Gasteiger partial charge is 0.270 e. The molecule has 224 valence electrons. The lowest BCUT2D eigenvalue weighted by Gasteiger charge is -2.22. The molecule has 1 saturated heterocycles. The van der Waals surface area contributed by atoms with E-state index in [0.29, 0.717) is 11.9 Å². The van der Waals surface area contributed by atoms with Crippen molar-refractivity contribution in [2.45, 2.75) is 69.9 Å². The van der Waals surface area contributed by atoms with E-state index in [-0.39, 0.29) is 24.0 Å². The number of hydrogen-bond donors (Lipinski definition) is 4. The largest absolute Gasteiger partial charge is 0.370 e. The van der Waals surface area contributed by atoms with Gasteiger partial charge in [0.15, 0.2) is 0 Å².